The molecule has 1 aliphatic heterocycles. The van der Waals surface area contributed by atoms with E-state index in [1.807, 2.05) is 0 Å². The van der Waals surface area contributed by atoms with Crippen LogP contribution in [0.25, 0.3) is 11.5 Å². The number of aromatic nitrogens is 3. The number of nitrogens with one attached hydrogen (secondary N) is 2. The molecule has 13 heteroatoms. The van der Waals surface area contributed by atoms with Gasteiger partial charge in [-0.1, -0.05) is 18.9 Å². The lowest BCUT2D eigenvalue weighted by Crippen LogP contribution is -2.45. The van der Waals surface area contributed by atoms with Crippen molar-refractivity contribution in [2.45, 2.75) is 44.8 Å². The van der Waals surface area contributed by atoms with Crippen LogP contribution in [0.5, 0.6) is 0 Å². The molecule has 0 aromatic carbocycles. The normalized spacial score (nSPS) is 23.1. The van der Waals surface area contributed by atoms with E-state index in [2.05, 4.69) is 15.5 Å². The first-order valence-corrected chi connectivity index (χ1v) is 9.90. The predicted octanol–water partition coefficient (Wildman–Crippen LogP) is 3.14. The van der Waals surface area contributed by atoms with Gasteiger partial charge in [0.1, 0.15) is 17.3 Å². The first-order chi connectivity index (χ1) is 14.8. The molecular weight excluding hydrogens is 441 g/mol. The molecular formula is C19H20F5N5O3. The van der Waals surface area contributed by atoms with Crippen molar-refractivity contribution >= 4 is 11.9 Å². The Morgan fingerprint density at radius 1 is 1.28 bits per heavy atom. The molecule has 32 heavy (non-hydrogen) atoms. The summed E-state index contributed by atoms with van der Waals surface area (Å²) in [5, 5.41) is 10.1. The highest BCUT2D eigenvalue weighted by molar-refractivity contribution is 5.85. The van der Waals surface area contributed by atoms with Crippen molar-refractivity contribution in [3.63, 3.8) is 0 Å². The van der Waals surface area contributed by atoms with Crippen LogP contribution in [-0.4, -0.2) is 51.0 Å². The number of alkyl halides is 5. The zero-order valence-electron chi connectivity index (χ0n) is 17.1. The summed E-state index contributed by atoms with van der Waals surface area (Å²) >= 11 is 0. The minimum absolute atomic E-state index is 0.0280. The standard InChI is InChI=1S/C19H20F5N5O3/c1-9(2)12(15(31)29-6-5-17(8-29)7-18(17,20)21)26-16-28-27-14(32-16)10-3-4-11(19(22,23)24)25-13(10)30/h3-4,9,12H,5-8H2,1-2H3,(H,25,30)(H,26,28)/t12-,17-/m1/s1. The van der Waals surface area contributed by atoms with Gasteiger partial charge in [0.2, 0.25) is 5.91 Å². The SMILES string of the molecule is CC(C)[C@@H](Nc1nnc(-c2ccc(C(F)(F)F)[nH]c2=O)o1)C(=O)N1CC[C@]2(C1)CC2(F)F. The van der Waals surface area contributed by atoms with E-state index in [4.69, 9.17) is 4.42 Å². The smallest absolute Gasteiger partial charge is 0.403 e. The molecule has 0 unspecified atom stereocenters. The first-order valence-electron chi connectivity index (χ1n) is 9.90. The maximum absolute atomic E-state index is 13.6. The fourth-order valence-corrected chi connectivity index (χ4v) is 3.93. The van der Waals surface area contributed by atoms with Crippen molar-refractivity contribution in [3.8, 4) is 11.5 Å². The Morgan fingerprint density at radius 2 is 1.97 bits per heavy atom. The summed E-state index contributed by atoms with van der Waals surface area (Å²) in [5.41, 5.74) is -3.70. The van der Waals surface area contributed by atoms with Crippen LogP contribution in [0, 0.1) is 11.3 Å². The molecule has 1 saturated heterocycles. The number of hydrogen-bond acceptors (Lipinski definition) is 6. The first kappa shape index (κ1) is 22.2. The number of H-pyrrole nitrogens is 1. The molecule has 1 aliphatic carbocycles. The Bertz CT molecular complexity index is 1100. The summed E-state index contributed by atoms with van der Waals surface area (Å²) < 4.78 is 70.8. The van der Waals surface area contributed by atoms with Crippen LogP contribution >= 0.6 is 0 Å². The fourth-order valence-electron chi connectivity index (χ4n) is 3.93. The molecule has 2 N–H and O–H groups in total. The molecule has 174 valence electrons. The second-order valence-electron chi connectivity index (χ2n) is 8.56. The fraction of sp³-hybridized carbons (Fsp3) is 0.579. The summed E-state index contributed by atoms with van der Waals surface area (Å²) in [5.74, 6) is -3.76. The lowest BCUT2D eigenvalue weighted by molar-refractivity contribution is -0.141. The quantitative estimate of drug-likeness (QED) is 0.663. The molecule has 1 spiro atoms. The molecule has 1 saturated carbocycles. The Labute approximate surface area is 178 Å². The number of halogens is 5. The van der Waals surface area contributed by atoms with E-state index < -0.39 is 40.7 Å². The highest BCUT2D eigenvalue weighted by atomic mass is 19.4. The minimum Gasteiger partial charge on any atom is -0.403 e. The lowest BCUT2D eigenvalue weighted by Gasteiger charge is -2.26. The van der Waals surface area contributed by atoms with E-state index in [-0.39, 0.29) is 49.3 Å². The van der Waals surface area contributed by atoms with Crippen molar-refractivity contribution in [1.29, 1.82) is 0 Å². The van der Waals surface area contributed by atoms with Gasteiger partial charge in [-0.15, -0.1) is 5.10 Å². The molecule has 2 aromatic heterocycles. The topological polar surface area (TPSA) is 104 Å². The van der Waals surface area contributed by atoms with E-state index >= 15 is 0 Å². The molecule has 4 rings (SSSR count). The van der Waals surface area contributed by atoms with Crippen LogP contribution in [0.1, 0.15) is 32.4 Å². The van der Waals surface area contributed by atoms with E-state index in [0.717, 1.165) is 6.07 Å². The highest BCUT2D eigenvalue weighted by Crippen LogP contribution is 2.65. The molecule has 2 fully saturated rings. The number of carbonyl (C=O) groups excluding carboxylic acids is 1. The predicted molar refractivity (Wildman–Crippen MR) is 101 cm³/mol. The Morgan fingerprint density at radius 3 is 2.50 bits per heavy atom. The lowest BCUT2D eigenvalue weighted by atomic mass is 10.0. The zero-order valence-corrected chi connectivity index (χ0v) is 17.1. The van der Waals surface area contributed by atoms with E-state index in [1.165, 1.54) is 4.90 Å². The zero-order chi connectivity index (χ0) is 23.5. The van der Waals surface area contributed by atoms with Gasteiger partial charge in [-0.3, -0.25) is 9.59 Å². The van der Waals surface area contributed by atoms with Crippen LogP contribution in [0.4, 0.5) is 28.0 Å². The monoisotopic (exact) mass is 461 g/mol. The second-order valence-corrected chi connectivity index (χ2v) is 8.56. The van der Waals surface area contributed by atoms with Gasteiger partial charge in [0, 0.05) is 19.5 Å². The molecule has 0 bridgehead atoms. The maximum atomic E-state index is 13.6. The van der Waals surface area contributed by atoms with Gasteiger partial charge in [-0.05, 0) is 24.5 Å². The summed E-state index contributed by atoms with van der Waals surface area (Å²) in [6.07, 6.45) is -4.71. The Kier molecular flexibility index (Phi) is 5.05. The average molecular weight is 461 g/mol. The number of hydrogen-bond donors (Lipinski definition) is 2. The van der Waals surface area contributed by atoms with Crippen molar-refractivity contribution in [3.05, 3.63) is 28.2 Å². The molecule has 8 nitrogen and oxygen atoms in total. The van der Waals surface area contributed by atoms with E-state index in [1.54, 1.807) is 18.8 Å². The Hall–Kier alpha value is -2.99. The average Bonchev–Trinajstić information content (AvgIpc) is 3.08. The van der Waals surface area contributed by atoms with Crippen molar-refractivity contribution in [2.75, 3.05) is 18.4 Å². The van der Waals surface area contributed by atoms with E-state index in [0.29, 0.717) is 6.07 Å². The van der Waals surface area contributed by atoms with Crippen LogP contribution in [0.2, 0.25) is 0 Å². The molecule has 2 atom stereocenters. The van der Waals surface area contributed by atoms with E-state index in [9.17, 15) is 31.5 Å². The van der Waals surface area contributed by atoms with Gasteiger partial charge in [-0.25, -0.2) is 8.78 Å². The summed E-state index contributed by atoms with van der Waals surface area (Å²) in [6.45, 7) is 3.67. The van der Waals surface area contributed by atoms with Crippen LogP contribution < -0.4 is 10.9 Å². The van der Waals surface area contributed by atoms with Gasteiger partial charge in [0.05, 0.1) is 5.41 Å². The van der Waals surface area contributed by atoms with Crippen molar-refractivity contribution < 1.29 is 31.2 Å². The number of rotatable bonds is 5. The van der Waals surface area contributed by atoms with Crippen molar-refractivity contribution in [2.24, 2.45) is 11.3 Å². The maximum Gasteiger partial charge on any atom is 0.431 e. The number of likely N-dealkylation sites (tertiary alicyclic amines) is 1. The molecule has 2 aromatic rings. The molecule has 2 aliphatic rings. The number of nitrogens with zero attached hydrogens (tertiary/aromatic N) is 3. The second kappa shape index (κ2) is 7.27. The number of amides is 1. The summed E-state index contributed by atoms with van der Waals surface area (Å²) in [4.78, 5) is 28.0. The number of anilines is 1. The van der Waals surface area contributed by atoms with Gasteiger partial charge >= 0.3 is 12.2 Å². The van der Waals surface area contributed by atoms with Crippen LogP contribution in [0.15, 0.2) is 21.3 Å². The van der Waals surface area contributed by atoms with Gasteiger partial charge in [0.15, 0.2) is 0 Å². The van der Waals surface area contributed by atoms with Gasteiger partial charge < -0.3 is 19.6 Å². The largest absolute Gasteiger partial charge is 0.431 e. The number of carbonyl (C=O) groups is 1. The summed E-state index contributed by atoms with van der Waals surface area (Å²) in [7, 11) is 0. The third-order valence-corrected chi connectivity index (χ3v) is 5.96. The third kappa shape index (κ3) is 3.84. The Balaban J connectivity index is 1.49. The number of aromatic amines is 1. The molecule has 0 radical (unpaired) electrons. The molecule has 3 heterocycles. The third-order valence-electron chi connectivity index (χ3n) is 5.96. The minimum atomic E-state index is -4.72. The van der Waals surface area contributed by atoms with Crippen LogP contribution in [0.3, 0.4) is 0 Å². The number of pyridine rings is 1. The van der Waals surface area contributed by atoms with Gasteiger partial charge in [0.25, 0.3) is 17.4 Å². The molecule has 1 amide bonds. The van der Waals surface area contributed by atoms with Crippen molar-refractivity contribution in [1.82, 2.24) is 20.1 Å². The van der Waals surface area contributed by atoms with Crippen LogP contribution in [-0.2, 0) is 11.0 Å². The highest BCUT2D eigenvalue weighted by Gasteiger charge is 2.73. The van der Waals surface area contributed by atoms with Gasteiger partial charge in [-0.2, -0.15) is 13.2 Å². The summed E-state index contributed by atoms with van der Waals surface area (Å²) in [6, 6.07) is 0.489.